The van der Waals surface area contributed by atoms with Gasteiger partial charge in [0, 0.05) is 49.6 Å². The maximum Gasteiger partial charge on any atom is 0.222 e. The van der Waals surface area contributed by atoms with Crippen LogP contribution in [0.1, 0.15) is 55.7 Å². The van der Waals surface area contributed by atoms with Gasteiger partial charge in [0.1, 0.15) is 6.04 Å². The average Bonchev–Trinajstić information content (AvgIpc) is 3.59. The number of likely N-dealkylation sites (tertiary alicyclic amines) is 2. The predicted molar refractivity (Wildman–Crippen MR) is 119 cm³/mol. The lowest BCUT2D eigenvalue weighted by Gasteiger charge is -2.38. The fourth-order valence-electron chi connectivity index (χ4n) is 5.29. The first-order valence-electron chi connectivity index (χ1n) is 11.3. The van der Waals surface area contributed by atoms with Crippen molar-refractivity contribution in [1.82, 2.24) is 19.8 Å². The van der Waals surface area contributed by atoms with Crippen molar-refractivity contribution in [3.8, 4) is 0 Å². The molecule has 158 valence electrons. The number of aromatic nitrogens is 2. The Bertz CT molecular complexity index is 959. The van der Waals surface area contributed by atoms with Crippen LogP contribution in [0.3, 0.4) is 0 Å². The van der Waals surface area contributed by atoms with Gasteiger partial charge < -0.3 is 9.80 Å². The predicted octanol–water partition coefficient (Wildman–Crippen LogP) is 3.44. The Hall–Kier alpha value is -2.34. The number of hydrogen-bond donors (Lipinski definition) is 0. The highest BCUT2D eigenvalue weighted by molar-refractivity contribution is 5.90. The standard InChI is InChI=1S/C24H31N5O/c1-16-11-18(15-29(14-16)22(30)12-17-5-9-28(2)10-6-17)19-3-4-20(21-13-27-21)24-23(19)25-7-8-26-24/h3-4,7-8,13,16-18,21H,5-6,9-12,14-15H2,1-2H3/t16-,18-,21?/m0/s1. The van der Waals surface area contributed by atoms with E-state index in [9.17, 15) is 4.79 Å². The molecule has 30 heavy (non-hydrogen) atoms. The highest BCUT2D eigenvalue weighted by Crippen LogP contribution is 2.37. The summed E-state index contributed by atoms with van der Waals surface area (Å²) >= 11 is 0. The first kappa shape index (κ1) is 19.6. The monoisotopic (exact) mass is 405 g/mol. The van der Waals surface area contributed by atoms with Crippen molar-refractivity contribution < 1.29 is 4.79 Å². The number of hydrogen-bond acceptors (Lipinski definition) is 5. The van der Waals surface area contributed by atoms with Gasteiger partial charge in [-0.05, 0) is 56.8 Å². The highest BCUT2D eigenvalue weighted by Gasteiger charge is 2.32. The van der Waals surface area contributed by atoms with Gasteiger partial charge in [0.2, 0.25) is 5.91 Å². The van der Waals surface area contributed by atoms with E-state index in [2.05, 4.69) is 45.9 Å². The molecular weight excluding hydrogens is 374 g/mol. The summed E-state index contributed by atoms with van der Waals surface area (Å²) in [6, 6.07) is 4.53. The third-order valence-electron chi connectivity index (χ3n) is 7.06. The number of fused-ring (bicyclic) bond motifs is 1. The van der Waals surface area contributed by atoms with Gasteiger partial charge in [-0.25, -0.2) is 0 Å². The van der Waals surface area contributed by atoms with Gasteiger partial charge in [-0.1, -0.05) is 19.1 Å². The number of piperidine rings is 2. The van der Waals surface area contributed by atoms with E-state index in [-0.39, 0.29) is 6.04 Å². The third kappa shape index (κ3) is 3.97. The second-order valence-corrected chi connectivity index (χ2v) is 9.53. The minimum atomic E-state index is 0.163. The molecule has 0 aliphatic carbocycles. The van der Waals surface area contributed by atoms with Crippen molar-refractivity contribution in [3.05, 3.63) is 35.7 Å². The lowest BCUT2D eigenvalue weighted by Crippen LogP contribution is -2.43. The molecule has 3 aliphatic rings. The van der Waals surface area contributed by atoms with Gasteiger partial charge in [-0.3, -0.25) is 19.8 Å². The molecule has 1 amide bonds. The molecule has 3 atom stereocenters. The minimum absolute atomic E-state index is 0.163. The Labute approximate surface area is 178 Å². The summed E-state index contributed by atoms with van der Waals surface area (Å²) in [6.45, 7) is 6.15. The third-order valence-corrected chi connectivity index (χ3v) is 7.06. The SMILES string of the molecule is C[C@H]1C[C@H](c2ccc(C3C=N3)c3nccnc23)CN(C(=O)CC2CCN(C)CC2)C1. The second kappa shape index (κ2) is 8.06. The van der Waals surface area contributed by atoms with E-state index in [0.29, 0.717) is 30.1 Å². The average molecular weight is 406 g/mol. The molecular formula is C24H31N5O. The number of carbonyl (C=O) groups is 1. The molecule has 4 heterocycles. The number of carbonyl (C=O) groups excluding carboxylic acids is 1. The molecule has 6 heteroatoms. The Balaban J connectivity index is 1.35. The Kier molecular flexibility index (Phi) is 5.27. The van der Waals surface area contributed by atoms with Crippen LogP contribution in [0, 0.1) is 11.8 Å². The number of nitrogens with zero attached hydrogens (tertiary/aromatic N) is 5. The summed E-state index contributed by atoms with van der Waals surface area (Å²) in [5.74, 6) is 1.67. The summed E-state index contributed by atoms with van der Waals surface area (Å²) in [5, 5.41) is 0. The van der Waals surface area contributed by atoms with Crippen LogP contribution in [-0.4, -0.2) is 65.1 Å². The molecule has 2 saturated heterocycles. The van der Waals surface area contributed by atoms with Gasteiger partial charge in [0.05, 0.1) is 11.0 Å². The Morgan fingerprint density at radius 3 is 2.43 bits per heavy atom. The summed E-state index contributed by atoms with van der Waals surface area (Å²) in [5.41, 5.74) is 4.30. The fraction of sp³-hybridized carbons (Fsp3) is 0.583. The summed E-state index contributed by atoms with van der Waals surface area (Å²) in [7, 11) is 2.17. The molecule has 1 unspecified atom stereocenters. The normalized spacial score (nSPS) is 27.5. The van der Waals surface area contributed by atoms with E-state index in [4.69, 9.17) is 4.98 Å². The lowest BCUT2D eigenvalue weighted by molar-refractivity contribution is -0.134. The first-order valence-corrected chi connectivity index (χ1v) is 11.3. The van der Waals surface area contributed by atoms with Crippen molar-refractivity contribution in [3.63, 3.8) is 0 Å². The maximum atomic E-state index is 13.2. The zero-order valence-corrected chi connectivity index (χ0v) is 18.0. The molecule has 1 aromatic carbocycles. The zero-order chi connectivity index (χ0) is 20.7. The molecule has 5 rings (SSSR count). The minimum Gasteiger partial charge on any atom is -0.342 e. The van der Waals surface area contributed by atoms with Crippen molar-refractivity contribution in [1.29, 1.82) is 0 Å². The highest BCUT2D eigenvalue weighted by atomic mass is 16.2. The molecule has 2 aromatic rings. The Morgan fingerprint density at radius 1 is 1.07 bits per heavy atom. The molecule has 1 aromatic heterocycles. The summed E-state index contributed by atoms with van der Waals surface area (Å²) < 4.78 is 0. The molecule has 0 bridgehead atoms. The van der Waals surface area contributed by atoms with Crippen LogP contribution in [0.5, 0.6) is 0 Å². The topological polar surface area (TPSA) is 61.7 Å². The van der Waals surface area contributed by atoms with E-state index in [1.54, 1.807) is 12.4 Å². The van der Waals surface area contributed by atoms with E-state index in [1.807, 2.05) is 6.21 Å². The summed E-state index contributed by atoms with van der Waals surface area (Å²) in [6.07, 6.45) is 9.56. The second-order valence-electron chi connectivity index (χ2n) is 9.53. The number of amides is 1. The number of rotatable bonds is 4. The first-order chi connectivity index (χ1) is 14.6. The van der Waals surface area contributed by atoms with Gasteiger partial charge in [-0.2, -0.15) is 0 Å². The van der Waals surface area contributed by atoms with Crippen LogP contribution in [0.2, 0.25) is 0 Å². The maximum absolute atomic E-state index is 13.2. The summed E-state index contributed by atoms with van der Waals surface area (Å²) in [4.78, 5) is 31.3. The zero-order valence-electron chi connectivity index (χ0n) is 18.0. The number of benzene rings is 1. The fourth-order valence-corrected chi connectivity index (χ4v) is 5.29. The lowest BCUT2D eigenvalue weighted by atomic mass is 9.83. The van der Waals surface area contributed by atoms with Gasteiger partial charge >= 0.3 is 0 Å². The quantitative estimate of drug-likeness (QED) is 0.782. The molecule has 0 radical (unpaired) electrons. The smallest absolute Gasteiger partial charge is 0.222 e. The van der Waals surface area contributed by atoms with E-state index in [0.717, 1.165) is 62.0 Å². The molecule has 0 saturated carbocycles. The van der Waals surface area contributed by atoms with Gasteiger partial charge in [0.25, 0.3) is 0 Å². The van der Waals surface area contributed by atoms with Crippen LogP contribution >= 0.6 is 0 Å². The molecule has 3 aliphatic heterocycles. The Morgan fingerprint density at radius 2 is 1.73 bits per heavy atom. The largest absolute Gasteiger partial charge is 0.342 e. The van der Waals surface area contributed by atoms with Crippen molar-refractivity contribution in [2.75, 3.05) is 33.2 Å². The van der Waals surface area contributed by atoms with Crippen LogP contribution in [0.4, 0.5) is 0 Å². The van der Waals surface area contributed by atoms with Gasteiger partial charge in [-0.15, -0.1) is 0 Å². The van der Waals surface area contributed by atoms with Crippen molar-refractivity contribution >= 4 is 23.2 Å². The molecule has 0 spiro atoms. The van der Waals surface area contributed by atoms with Crippen LogP contribution in [0.15, 0.2) is 29.5 Å². The van der Waals surface area contributed by atoms with Gasteiger partial charge in [0.15, 0.2) is 0 Å². The molecule has 0 N–H and O–H groups in total. The van der Waals surface area contributed by atoms with E-state index in [1.165, 1.54) is 5.56 Å². The van der Waals surface area contributed by atoms with Crippen LogP contribution < -0.4 is 0 Å². The van der Waals surface area contributed by atoms with Crippen molar-refractivity contribution in [2.24, 2.45) is 16.8 Å². The van der Waals surface area contributed by atoms with Crippen LogP contribution in [-0.2, 0) is 4.79 Å². The van der Waals surface area contributed by atoms with Crippen molar-refractivity contribution in [2.45, 2.75) is 44.6 Å². The van der Waals surface area contributed by atoms with E-state index < -0.39 is 0 Å². The molecule has 2 fully saturated rings. The van der Waals surface area contributed by atoms with Crippen LogP contribution in [0.25, 0.3) is 11.0 Å². The number of aliphatic imine (C=N–C) groups is 1. The van der Waals surface area contributed by atoms with E-state index >= 15 is 0 Å². The molecule has 6 nitrogen and oxygen atoms in total.